The zero-order valence-corrected chi connectivity index (χ0v) is 15.8. The summed E-state index contributed by atoms with van der Waals surface area (Å²) in [5, 5.41) is 0.747. The zero-order chi connectivity index (χ0) is 17.8. The third-order valence-corrected chi connectivity index (χ3v) is 4.99. The van der Waals surface area contributed by atoms with E-state index >= 15 is 0 Å². The number of hydrogen-bond acceptors (Lipinski definition) is 2. The molecule has 0 saturated heterocycles. The standard InChI is InChI=1S/C21H24ClN3/c1-4-15(5-2)21-24-19(16-11-13-23-14-12-16)20(25(21)6-3)17-7-9-18(22)10-8-17/h7-15H,4-6H2,1-3H3. The summed E-state index contributed by atoms with van der Waals surface area (Å²) in [5.41, 5.74) is 4.42. The number of hydrogen-bond donors (Lipinski definition) is 0. The highest BCUT2D eigenvalue weighted by molar-refractivity contribution is 6.30. The number of nitrogens with zero attached hydrogens (tertiary/aromatic N) is 3. The maximum Gasteiger partial charge on any atom is 0.113 e. The van der Waals surface area contributed by atoms with Crippen molar-refractivity contribution in [1.82, 2.24) is 14.5 Å². The minimum atomic E-state index is 0.460. The van der Waals surface area contributed by atoms with Gasteiger partial charge in [0.15, 0.2) is 0 Å². The molecule has 0 fully saturated rings. The van der Waals surface area contributed by atoms with Crippen molar-refractivity contribution in [2.75, 3.05) is 0 Å². The average molecular weight is 354 g/mol. The molecule has 0 atom stereocenters. The Hall–Kier alpha value is -2.13. The van der Waals surface area contributed by atoms with Crippen LogP contribution >= 0.6 is 11.6 Å². The van der Waals surface area contributed by atoms with E-state index in [-0.39, 0.29) is 0 Å². The third-order valence-electron chi connectivity index (χ3n) is 4.74. The van der Waals surface area contributed by atoms with Gasteiger partial charge in [-0.05, 0) is 44.0 Å². The molecule has 4 heteroatoms. The lowest BCUT2D eigenvalue weighted by atomic mass is 10.0. The van der Waals surface area contributed by atoms with Gasteiger partial charge in [-0.1, -0.05) is 37.6 Å². The smallest absolute Gasteiger partial charge is 0.113 e. The molecule has 0 aliphatic carbocycles. The second kappa shape index (κ2) is 7.83. The topological polar surface area (TPSA) is 30.7 Å². The molecule has 1 aromatic carbocycles. The summed E-state index contributed by atoms with van der Waals surface area (Å²) in [5.74, 6) is 1.63. The lowest BCUT2D eigenvalue weighted by Gasteiger charge is -2.16. The van der Waals surface area contributed by atoms with E-state index in [1.54, 1.807) is 0 Å². The largest absolute Gasteiger partial charge is 0.328 e. The first kappa shape index (κ1) is 17.7. The van der Waals surface area contributed by atoms with E-state index in [1.807, 2.05) is 36.7 Å². The Kier molecular flexibility index (Phi) is 5.54. The molecule has 25 heavy (non-hydrogen) atoms. The maximum absolute atomic E-state index is 6.10. The van der Waals surface area contributed by atoms with Gasteiger partial charge in [-0.3, -0.25) is 4.98 Å². The van der Waals surface area contributed by atoms with Crippen molar-refractivity contribution in [2.24, 2.45) is 0 Å². The quantitative estimate of drug-likeness (QED) is 0.529. The van der Waals surface area contributed by atoms with Crippen molar-refractivity contribution in [3.05, 3.63) is 59.6 Å². The molecule has 0 spiro atoms. The number of aromatic nitrogens is 3. The van der Waals surface area contributed by atoms with Crippen molar-refractivity contribution in [2.45, 2.75) is 46.1 Å². The van der Waals surface area contributed by atoms with Crippen molar-refractivity contribution in [1.29, 1.82) is 0 Å². The third kappa shape index (κ3) is 3.47. The minimum absolute atomic E-state index is 0.460. The number of pyridine rings is 1. The van der Waals surface area contributed by atoms with Crippen LogP contribution in [-0.4, -0.2) is 14.5 Å². The normalized spacial score (nSPS) is 11.2. The minimum Gasteiger partial charge on any atom is -0.328 e. The van der Waals surface area contributed by atoms with Crippen molar-refractivity contribution < 1.29 is 0 Å². The summed E-state index contributed by atoms with van der Waals surface area (Å²) in [7, 11) is 0. The summed E-state index contributed by atoms with van der Waals surface area (Å²) in [6.45, 7) is 7.54. The first-order valence-electron chi connectivity index (χ1n) is 8.96. The summed E-state index contributed by atoms with van der Waals surface area (Å²) >= 11 is 6.10. The number of benzene rings is 1. The van der Waals surface area contributed by atoms with Crippen LogP contribution in [0.3, 0.4) is 0 Å². The molecule has 3 nitrogen and oxygen atoms in total. The van der Waals surface area contributed by atoms with Gasteiger partial charge in [0.25, 0.3) is 0 Å². The number of halogens is 1. The fraction of sp³-hybridized carbons (Fsp3) is 0.333. The van der Waals surface area contributed by atoms with Gasteiger partial charge in [0.05, 0.1) is 11.4 Å². The van der Waals surface area contributed by atoms with Gasteiger partial charge in [0.1, 0.15) is 5.82 Å². The summed E-state index contributed by atoms with van der Waals surface area (Å²) in [4.78, 5) is 9.24. The van der Waals surface area contributed by atoms with Crippen molar-refractivity contribution in [3.8, 4) is 22.5 Å². The maximum atomic E-state index is 6.10. The Morgan fingerprint density at radius 3 is 2.12 bits per heavy atom. The fourth-order valence-electron chi connectivity index (χ4n) is 3.37. The predicted octanol–water partition coefficient (Wildman–Crippen LogP) is 6.19. The lowest BCUT2D eigenvalue weighted by Crippen LogP contribution is -2.08. The van der Waals surface area contributed by atoms with Crippen LogP contribution in [0.15, 0.2) is 48.8 Å². The Balaban J connectivity index is 2.27. The fourth-order valence-corrected chi connectivity index (χ4v) is 3.49. The van der Waals surface area contributed by atoms with Crippen molar-refractivity contribution >= 4 is 11.6 Å². The average Bonchev–Trinajstić information content (AvgIpc) is 3.03. The molecule has 0 radical (unpaired) electrons. The van der Waals surface area contributed by atoms with Crippen LogP contribution in [0.5, 0.6) is 0 Å². The van der Waals surface area contributed by atoms with E-state index in [0.29, 0.717) is 5.92 Å². The molecule has 0 aliphatic rings. The second-order valence-corrected chi connectivity index (χ2v) is 6.60. The van der Waals surface area contributed by atoms with Crippen LogP contribution in [0.25, 0.3) is 22.5 Å². The van der Waals surface area contributed by atoms with Gasteiger partial charge in [0.2, 0.25) is 0 Å². The second-order valence-electron chi connectivity index (χ2n) is 6.17. The zero-order valence-electron chi connectivity index (χ0n) is 15.0. The molecule has 0 bridgehead atoms. The summed E-state index contributed by atoms with van der Waals surface area (Å²) in [6.07, 6.45) is 5.82. The number of rotatable bonds is 6. The monoisotopic (exact) mass is 353 g/mol. The molecule has 2 aromatic heterocycles. The lowest BCUT2D eigenvalue weighted by molar-refractivity contribution is 0.560. The molecular formula is C21H24ClN3. The molecule has 3 aromatic rings. The van der Waals surface area contributed by atoms with Crippen molar-refractivity contribution in [3.63, 3.8) is 0 Å². The van der Waals surface area contributed by atoms with Crippen LogP contribution < -0.4 is 0 Å². The first-order chi connectivity index (χ1) is 12.2. The van der Waals surface area contributed by atoms with Crippen LogP contribution in [0.2, 0.25) is 5.02 Å². The highest BCUT2D eigenvalue weighted by Crippen LogP contribution is 2.36. The van der Waals surface area contributed by atoms with E-state index in [0.717, 1.165) is 46.9 Å². The summed E-state index contributed by atoms with van der Waals surface area (Å²) in [6, 6.07) is 12.1. The van der Waals surface area contributed by atoms with Crippen LogP contribution in [-0.2, 0) is 6.54 Å². The SMILES string of the molecule is CCC(CC)c1nc(-c2ccncc2)c(-c2ccc(Cl)cc2)n1CC. The van der Waals surface area contributed by atoms with Gasteiger partial charge in [-0.25, -0.2) is 4.98 Å². The van der Waals surface area contributed by atoms with Gasteiger partial charge in [-0.15, -0.1) is 0 Å². The highest BCUT2D eigenvalue weighted by atomic mass is 35.5. The Morgan fingerprint density at radius 1 is 0.920 bits per heavy atom. The van der Waals surface area contributed by atoms with Gasteiger partial charge >= 0.3 is 0 Å². The van der Waals surface area contributed by atoms with E-state index in [9.17, 15) is 0 Å². The van der Waals surface area contributed by atoms with Gasteiger partial charge in [-0.2, -0.15) is 0 Å². The van der Waals surface area contributed by atoms with E-state index in [4.69, 9.17) is 16.6 Å². The van der Waals surface area contributed by atoms with E-state index in [2.05, 4.69) is 42.5 Å². The molecule has 0 unspecified atom stereocenters. The molecule has 0 saturated carbocycles. The molecule has 0 N–H and O–H groups in total. The highest BCUT2D eigenvalue weighted by Gasteiger charge is 2.23. The van der Waals surface area contributed by atoms with Crippen LogP contribution in [0.4, 0.5) is 0 Å². The number of imidazole rings is 1. The molecule has 3 rings (SSSR count). The van der Waals surface area contributed by atoms with Crippen LogP contribution in [0, 0.1) is 0 Å². The van der Waals surface area contributed by atoms with E-state index < -0.39 is 0 Å². The van der Waals surface area contributed by atoms with E-state index in [1.165, 1.54) is 5.82 Å². The van der Waals surface area contributed by atoms with Gasteiger partial charge in [0, 0.05) is 41.0 Å². The molecule has 0 amide bonds. The molecular weight excluding hydrogens is 330 g/mol. The Bertz CT molecular complexity index is 818. The Morgan fingerprint density at radius 2 is 1.56 bits per heavy atom. The molecule has 2 heterocycles. The van der Waals surface area contributed by atoms with Gasteiger partial charge < -0.3 is 4.57 Å². The summed E-state index contributed by atoms with van der Waals surface area (Å²) < 4.78 is 2.36. The Labute approximate surface area is 154 Å². The first-order valence-corrected chi connectivity index (χ1v) is 9.34. The molecule has 130 valence electrons. The molecule has 0 aliphatic heterocycles. The predicted molar refractivity (Wildman–Crippen MR) is 105 cm³/mol. The van der Waals surface area contributed by atoms with Crippen LogP contribution in [0.1, 0.15) is 45.4 Å².